The molecule has 0 N–H and O–H groups in total. The summed E-state index contributed by atoms with van der Waals surface area (Å²) in [5.74, 6) is -0.904. The summed E-state index contributed by atoms with van der Waals surface area (Å²) in [4.78, 5) is 29.4. The number of carbonyl (C=O) groups is 2. The van der Waals surface area contributed by atoms with Gasteiger partial charge in [-0.15, -0.1) is 0 Å². The molecular weight excluding hydrogens is 254 g/mol. The summed E-state index contributed by atoms with van der Waals surface area (Å²) in [5.41, 5.74) is 1.53. The number of likely N-dealkylation sites (N-methyl/N-ethyl adjacent to an activating group) is 1. The summed E-state index contributed by atoms with van der Waals surface area (Å²) < 4.78 is 0. The van der Waals surface area contributed by atoms with Gasteiger partial charge >= 0.3 is 0 Å². The highest BCUT2D eigenvalue weighted by Crippen LogP contribution is 2.26. The van der Waals surface area contributed by atoms with E-state index < -0.39 is 5.91 Å². The van der Waals surface area contributed by atoms with Crippen LogP contribution in [0.5, 0.6) is 0 Å². The Hall–Kier alpha value is -2.74. The zero-order chi connectivity index (χ0) is 14.7. The van der Waals surface area contributed by atoms with E-state index in [1.807, 2.05) is 6.07 Å². The lowest BCUT2D eigenvalue weighted by atomic mass is 9.94. The normalized spacial score (nSPS) is 17.6. The Balaban J connectivity index is 2.60. The van der Waals surface area contributed by atoms with E-state index in [4.69, 9.17) is 5.26 Å². The second-order valence-corrected chi connectivity index (χ2v) is 4.31. The molecule has 2 heterocycles. The molecule has 2 amide bonds. The fourth-order valence-electron chi connectivity index (χ4n) is 2.04. The lowest BCUT2D eigenvalue weighted by Gasteiger charge is -2.26. The number of rotatable bonds is 2. The highest BCUT2D eigenvalue weighted by Gasteiger charge is 2.34. The summed E-state index contributed by atoms with van der Waals surface area (Å²) in [7, 11) is 0. The van der Waals surface area contributed by atoms with Crippen molar-refractivity contribution >= 4 is 17.9 Å². The molecule has 0 radical (unpaired) electrons. The van der Waals surface area contributed by atoms with Crippen LogP contribution in [0, 0.1) is 11.3 Å². The highest BCUT2D eigenvalue weighted by atomic mass is 16.2. The molecule has 100 valence electrons. The summed E-state index contributed by atoms with van der Waals surface area (Å²) in [5, 5.41) is 9.11. The van der Waals surface area contributed by atoms with Crippen LogP contribution in [-0.4, -0.2) is 28.2 Å². The van der Waals surface area contributed by atoms with Crippen molar-refractivity contribution in [2.24, 2.45) is 0 Å². The largest absolute Gasteiger partial charge is 0.274 e. The minimum Gasteiger partial charge on any atom is -0.274 e. The maximum absolute atomic E-state index is 12.3. The average molecular weight is 267 g/mol. The Labute approximate surface area is 116 Å². The van der Waals surface area contributed by atoms with Crippen LogP contribution in [0.15, 0.2) is 41.2 Å². The predicted octanol–water partition coefficient (Wildman–Crippen LogP) is 1.69. The van der Waals surface area contributed by atoms with Crippen molar-refractivity contribution in [3.8, 4) is 6.07 Å². The van der Waals surface area contributed by atoms with Gasteiger partial charge in [0.25, 0.3) is 11.8 Å². The molecule has 0 aromatic carbocycles. The molecule has 0 atom stereocenters. The van der Waals surface area contributed by atoms with Gasteiger partial charge in [0.15, 0.2) is 0 Å². The van der Waals surface area contributed by atoms with Crippen molar-refractivity contribution in [3.05, 3.63) is 46.8 Å². The van der Waals surface area contributed by atoms with Gasteiger partial charge in [-0.05, 0) is 37.1 Å². The number of nitrogens with zero attached hydrogens (tertiary/aromatic N) is 3. The van der Waals surface area contributed by atoms with Gasteiger partial charge in [0, 0.05) is 24.5 Å². The van der Waals surface area contributed by atoms with E-state index in [1.54, 1.807) is 44.4 Å². The predicted molar refractivity (Wildman–Crippen MR) is 72.9 cm³/mol. The van der Waals surface area contributed by atoms with E-state index in [0.717, 1.165) is 10.5 Å². The molecular formula is C15H13N3O2. The highest BCUT2D eigenvalue weighted by molar-refractivity contribution is 6.19. The van der Waals surface area contributed by atoms with Gasteiger partial charge in [-0.2, -0.15) is 5.26 Å². The van der Waals surface area contributed by atoms with E-state index in [2.05, 4.69) is 4.98 Å². The Bertz CT molecular complexity index is 666. The van der Waals surface area contributed by atoms with Crippen molar-refractivity contribution in [3.63, 3.8) is 0 Å². The number of pyridine rings is 1. The molecule has 1 aliphatic rings. The van der Waals surface area contributed by atoms with E-state index >= 15 is 0 Å². The maximum atomic E-state index is 12.3. The first-order valence-electron chi connectivity index (χ1n) is 6.19. The van der Waals surface area contributed by atoms with Crippen LogP contribution in [-0.2, 0) is 9.59 Å². The van der Waals surface area contributed by atoms with Crippen LogP contribution in [0.2, 0.25) is 0 Å². The van der Waals surface area contributed by atoms with E-state index in [9.17, 15) is 9.59 Å². The molecule has 2 rings (SSSR count). The molecule has 0 fully saturated rings. The number of aromatic nitrogens is 1. The lowest BCUT2D eigenvalue weighted by Crippen LogP contribution is -2.42. The summed E-state index contributed by atoms with van der Waals surface area (Å²) in [6.45, 7) is 3.55. The smallest absolute Gasteiger partial charge is 0.271 e. The third kappa shape index (κ3) is 2.24. The van der Waals surface area contributed by atoms with Crippen LogP contribution in [0.25, 0.3) is 6.08 Å². The van der Waals surface area contributed by atoms with Crippen LogP contribution in [0.1, 0.15) is 19.4 Å². The molecule has 1 aliphatic heterocycles. The standard InChI is InChI=1S/C15H13N3O2/c1-3-18-14(19)12(7-11-5-4-6-17-9-11)10(2)13(8-16)15(18)20/h4-7,9H,3H2,1-2H3. The minimum absolute atomic E-state index is 0.0154. The molecule has 5 heteroatoms. The summed E-state index contributed by atoms with van der Waals surface area (Å²) in [6, 6.07) is 5.45. The quantitative estimate of drug-likeness (QED) is 0.603. The molecule has 0 bridgehead atoms. The van der Waals surface area contributed by atoms with Crippen LogP contribution >= 0.6 is 0 Å². The fourth-order valence-corrected chi connectivity index (χ4v) is 2.04. The van der Waals surface area contributed by atoms with Crippen LogP contribution in [0.4, 0.5) is 0 Å². The van der Waals surface area contributed by atoms with E-state index in [1.165, 1.54) is 0 Å². The minimum atomic E-state index is -0.527. The zero-order valence-corrected chi connectivity index (χ0v) is 11.3. The van der Waals surface area contributed by atoms with Crippen LogP contribution < -0.4 is 0 Å². The van der Waals surface area contributed by atoms with Crippen molar-refractivity contribution in [2.75, 3.05) is 6.54 Å². The number of nitriles is 1. The average Bonchev–Trinajstić information content (AvgIpc) is 2.46. The second kappa shape index (κ2) is 5.49. The van der Waals surface area contributed by atoms with Gasteiger partial charge in [0.1, 0.15) is 11.6 Å². The van der Waals surface area contributed by atoms with Gasteiger partial charge < -0.3 is 0 Å². The molecule has 0 saturated heterocycles. The first-order chi connectivity index (χ1) is 9.60. The van der Waals surface area contributed by atoms with Crippen molar-refractivity contribution in [1.82, 2.24) is 9.88 Å². The summed E-state index contributed by atoms with van der Waals surface area (Å²) >= 11 is 0. The van der Waals surface area contributed by atoms with Gasteiger partial charge in [0.2, 0.25) is 0 Å². The van der Waals surface area contributed by atoms with E-state index in [-0.39, 0.29) is 18.0 Å². The third-order valence-electron chi connectivity index (χ3n) is 3.14. The topological polar surface area (TPSA) is 74.1 Å². The van der Waals surface area contributed by atoms with Gasteiger partial charge in [-0.3, -0.25) is 19.5 Å². The molecule has 0 unspecified atom stereocenters. The Morgan fingerprint density at radius 3 is 2.70 bits per heavy atom. The molecule has 20 heavy (non-hydrogen) atoms. The van der Waals surface area contributed by atoms with Gasteiger partial charge in [-0.1, -0.05) is 6.07 Å². The first kappa shape index (κ1) is 13.7. The zero-order valence-electron chi connectivity index (χ0n) is 11.3. The molecule has 0 aliphatic carbocycles. The first-order valence-corrected chi connectivity index (χ1v) is 6.19. The molecule has 0 saturated carbocycles. The van der Waals surface area contributed by atoms with Crippen LogP contribution in [0.3, 0.4) is 0 Å². The van der Waals surface area contributed by atoms with E-state index in [0.29, 0.717) is 11.1 Å². The maximum Gasteiger partial charge on any atom is 0.271 e. The second-order valence-electron chi connectivity index (χ2n) is 4.31. The molecule has 5 nitrogen and oxygen atoms in total. The SMILES string of the molecule is CCN1C(=O)C(=Cc2cccnc2)C(C)=C(C#N)C1=O. The Kier molecular flexibility index (Phi) is 3.76. The molecule has 0 spiro atoms. The fraction of sp³-hybridized carbons (Fsp3) is 0.200. The van der Waals surface area contributed by atoms with Crippen molar-refractivity contribution in [1.29, 1.82) is 5.26 Å². The number of hydrogen-bond acceptors (Lipinski definition) is 4. The van der Waals surface area contributed by atoms with Crippen molar-refractivity contribution < 1.29 is 9.59 Å². The summed E-state index contributed by atoms with van der Waals surface area (Å²) in [6.07, 6.45) is 4.90. The number of amides is 2. The number of hydrogen-bond donors (Lipinski definition) is 0. The Morgan fingerprint density at radius 2 is 2.15 bits per heavy atom. The molecule has 1 aromatic heterocycles. The number of imide groups is 1. The number of carbonyl (C=O) groups excluding carboxylic acids is 2. The molecule has 1 aromatic rings. The van der Waals surface area contributed by atoms with Gasteiger partial charge in [0.05, 0.1) is 0 Å². The van der Waals surface area contributed by atoms with Gasteiger partial charge in [-0.25, -0.2) is 0 Å². The third-order valence-corrected chi connectivity index (χ3v) is 3.14. The lowest BCUT2D eigenvalue weighted by molar-refractivity contribution is -0.140. The Morgan fingerprint density at radius 1 is 1.40 bits per heavy atom. The monoisotopic (exact) mass is 267 g/mol. The van der Waals surface area contributed by atoms with Crippen molar-refractivity contribution in [2.45, 2.75) is 13.8 Å².